The van der Waals surface area contributed by atoms with Crippen molar-refractivity contribution in [2.24, 2.45) is 0 Å². The topological polar surface area (TPSA) is 82.8 Å². The van der Waals surface area contributed by atoms with E-state index in [0.29, 0.717) is 39.3 Å². The lowest BCUT2D eigenvalue weighted by Gasteiger charge is -2.38. The highest BCUT2D eigenvalue weighted by atomic mass is 35.5. The normalized spacial score (nSPS) is 22.5. The highest BCUT2D eigenvalue weighted by Gasteiger charge is 2.51. The summed E-state index contributed by atoms with van der Waals surface area (Å²) in [6.07, 6.45) is 0.942. The van der Waals surface area contributed by atoms with Gasteiger partial charge in [0, 0.05) is 22.9 Å². The van der Waals surface area contributed by atoms with Gasteiger partial charge in [0.25, 0.3) is 0 Å². The van der Waals surface area contributed by atoms with Crippen LogP contribution in [-0.2, 0) is 10.5 Å². The van der Waals surface area contributed by atoms with Crippen molar-refractivity contribution in [2.45, 2.75) is 31.4 Å². The number of halogens is 1. The molecular formula is C24H23ClN2O4S. The summed E-state index contributed by atoms with van der Waals surface area (Å²) in [6, 6.07) is 14.6. The Hall–Kier alpha value is -2.66. The van der Waals surface area contributed by atoms with Gasteiger partial charge in [-0.2, -0.15) is 5.26 Å². The van der Waals surface area contributed by atoms with Crippen LogP contribution in [0.5, 0.6) is 11.5 Å². The highest BCUT2D eigenvalue weighted by Crippen LogP contribution is 2.52. The van der Waals surface area contributed by atoms with Crippen molar-refractivity contribution in [3.63, 3.8) is 0 Å². The van der Waals surface area contributed by atoms with Crippen LogP contribution in [0.2, 0.25) is 5.02 Å². The van der Waals surface area contributed by atoms with Gasteiger partial charge in [-0.15, -0.1) is 11.8 Å². The van der Waals surface area contributed by atoms with Gasteiger partial charge in [-0.3, -0.25) is 9.69 Å². The smallest absolute Gasteiger partial charge is 0.231 e. The van der Waals surface area contributed by atoms with E-state index in [1.165, 1.54) is 16.7 Å². The monoisotopic (exact) mass is 470 g/mol. The van der Waals surface area contributed by atoms with E-state index in [0.717, 1.165) is 12.0 Å². The van der Waals surface area contributed by atoms with Crippen LogP contribution < -0.4 is 9.47 Å². The molecule has 166 valence electrons. The maximum atomic E-state index is 13.3. The van der Waals surface area contributed by atoms with Crippen LogP contribution in [0.1, 0.15) is 36.8 Å². The van der Waals surface area contributed by atoms with Crippen LogP contribution in [0.3, 0.4) is 0 Å². The van der Waals surface area contributed by atoms with Gasteiger partial charge in [-0.25, -0.2) is 0 Å². The van der Waals surface area contributed by atoms with Crippen molar-refractivity contribution >= 4 is 29.3 Å². The molecule has 2 aromatic carbocycles. The quantitative estimate of drug-likeness (QED) is 0.654. The number of nitriles is 1. The largest absolute Gasteiger partial charge is 0.493 e. The SMILES string of the molecule is CCCOc1ccc([C@@H]2CC(=O)N3C(=C2C#N)SC[C@@]3(O)c2ccc(Cl)cc2)cc1OC. The van der Waals surface area contributed by atoms with Crippen LogP contribution in [0, 0.1) is 11.3 Å². The fraction of sp³-hybridized carbons (Fsp3) is 0.333. The third-order valence-electron chi connectivity index (χ3n) is 5.67. The number of rotatable bonds is 6. The summed E-state index contributed by atoms with van der Waals surface area (Å²) in [7, 11) is 1.56. The molecule has 1 N–H and O–H groups in total. The number of hydrogen-bond donors (Lipinski definition) is 1. The Labute approximate surface area is 196 Å². The summed E-state index contributed by atoms with van der Waals surface area (Å²) in [5.41, 5.74) is 0.297. The van der Waals surface area contributed by atoms with E-state index in [-0.39, 0.29) is 18.1 Å². The second kappa shape index (κ2) is 9.07. The molecule has 1 fully saturated rings. The minimum atomic E-state index is -1.52. The number of hydrogen-bond acceptors (Lipinski definition) is 6. The Bertz CT molecular complexity index is 1110. The number of allylic oxidation sites excluding steroid dienone is 1. The lowest BCUT2D eigenvalue weighted by molar-refractivity contribution is -0.149. The average molecular weight is 471 g/mol. The van der Waals surface area contributed by atoms with Crippen LogP contribution in [-0.4, -0.2) is 35.4 Å². The molecule has 8 heteroatoms. The number of aliphatic hydroxyl groups is 1. The first-order chi connectivity index (χ1) is 15.4. The molecule has 0 aromatic heterocycles. The molecule has 6 nitrogen and oxygen atoms in total. The number of thioether (sulfide) groups is 1. The zero-order valence-corrected chi connectivity index (χ0v) is 19.4. The molecule has 4 rings (SSSR count). The van der Waals surface area contributed by atoms with Gasteiger partial charge in [0.1, 0.15) is 0 Å². The summed E-state index contributed by atoms with van der Waals surface area (Å²) in [4.78, 5) is 14.6. The maximum Gasteiger partial charge on any atom is 0.231 e. The van der Waals surface area contributed by atoms with Crippen molar-refractivity contribution in [3.05, 3.63) is 69.2 Å². The van der Waals surface area contributed by atoms with E-state index in [2.05, 4.69) is 6.07 Å². The summed E-state index contributed by atoms with van der Waals surface area (Å²) >= 11 is 7.30. The third-order valence-corrected chi connectivity index (χ3v) is 7.14. The average Bonchev–Trinajstić information content (AvgIpc) is 3.17. The summed E-state index contributed by atoms with van der Waals surface area (Å²) in [6.45, 7) is 2.59. The van der Waals surface area contributed by atoms with Crippen molar-refractivity contribution in [3.8, 4) is 17.6 Å². The number of benzene rings is 2. The van der Waals surface area contributed by atoms with E-state index in [1.807, 2.05) is 25.1 Å². The minimum Gasteiger partial charge on any atom is -0.493 e. The van der Waals surface area contributed by atoms with Gasteiger partial charge in [-0.05, 0) is 36.2 Å². The second-order valence-corrected chi connectivity index (χ2v) is 9.09. The summed E-state index contributed by atoms with van der Waals surface area (Å²) in [5.74, 6) is 0.760. The molecule has 0 spiro atoms. The van der Waals surface area contributed by atoms with Gasteiger partial charge in [0.15, 0.2) is 17.2 Å². The summed E-state index contributed by atoms with van der Waals surface area (Å²) in [5, 5.41) is 22.5. The first-order valence-corrected chi connectivity index (χ1v) is 11.7. The number of nitrogens with zero attached hydrogens (tertiary/aromatic N) is 2. The first-order valence-electron chi connectivity index (χ1n) is 10.3. The van der Waals surface area contributed by atoms with Crippen LogP contribution in [0.15, 0.2) is 53.1 Å². The molecule has 0 saturated carbocycles. The zero-order valence-electron chi connectivity index (χ0n) is 17.8. The fourth-order valence-electron chi connectivity index (χ4n) is 4.07. The van der Waals surface area contributed by atoms with Crippen LogP contribution in [0.25, 0.3) is 0 Å². The molecule has 2 aliphatic rings. The molecule has 0 aliphatic carbocycles. The standard InChI is InChI=1S/C24H23ClN2O4S/c1-3-10-31-20-9-4-15(11-21(20)30-2)18-12-22(28)27-23(19(18)13-26)32-14-24(27,29)16-5-7-17(25)8-6-16/h4-9,11,18,29H,3,10,12,14H2,1-2H3/t18-,24+/m0/s1. The van der Waals surface area contributed by atoms with E-state index in [1.54, 1.807) is 31.4 Å². The van der Waals surface area contributed by atoms with Crippen molar-refractivity contribution < 1.29 is 19.4 Å². The lowest BCUT2D eigenvalue weighted by Crippen LogP contribution is -2.48. The van der Waals surface area contributed by atoms with E-state index in [9.17, 15) is 15.2 Å². The first kappa shape index (κ1) is 22.5. The molecule has 1 amide bonds. The fourth-order valence-corrected chi connectivity index (χ4v) is 5.56. The summed E-state index contributed by atoms with van der Waals surface area (Å²) < 4.78 is 11.2. The maximum absolute atomic E-state index is 13.3. The Morgan fingerprint density at radius 2 is 2.03 bits per heavy atom. The third kappa shape index (κ3) is 3.83. The Morgan fingerprint density at radius 3 is 2.69 bits per heavy atom. The van der Waals surface area contributed by atoms with Gasteiger partial charge in [-0.1, -0.05) is 36.7 Å². The van der Waals surface area contributed by atoms with Gasteiger partial charge in [0.05, 0.1) is 36.1 Å². The number of methoxy groups -OCH3 is 1. The van der Waals surface area contributed by atoms with Crippen molar-refractivity contribution in [1.29, 1.82) is 5.26 Å². The van der Waals surface area contributed by atoms with Gasteiger partial charge >= 0.3 is 0 Å². The van der Waals surface area contributed by atoms with E-state index in [4.69, 9.17) is 21.1 Å². The molecular weight excluding hydrogens is 448 g/mol. The Morgan fingerprint density at radius 1 is 1.28 bits per heavy atom. The molecule has 32 heavy (non-hydrogen) atoms. The molecule has 0 radical (unpaired) electrons. The predicted octanol–water partition coefficient (Wildman–Crippen LogP) is 4.78. The second-order valence-electron chi connectivity index (χ2n) is 7.69. The Kier molecular flexibility index (Phi) is 6.38. The van der Waals surface area contributed by atoms with Crippen LogP contribution in [0.4, 0.5) is 0 Å². The van der Waals surface area contributed by atoms with Crippen LogP contribution >= 0.6 is 23.4 Å². The predicted molar refractivity (Wildman–Crippen MR) is 123 cm³/mol. The zero-order chi connectivity index (χ0) is 22.9. The minimum absolute atomic E-state index is 0.0706. The molecule has 0 bridgehead atoms. The molecule has 2 aromatic rings. The number of amides is 1. The molecule has 1 saturated heterocycles. The molecule has 2 atom stereocenters. The molecule has 0 unspecified atom stereocenters. The lowest BCUT2D eigenvalue weighted by atomic mass is 9.85. The van der Waals surface area contributed by atoms with E-state index < -0.39 is 11.6 Å². The van der Waals surface area contributed by atoms with Crippen molar-refractivity contribution in [1.82, 2.24) is 4.90 Å². The number of carbonyl (C=O) groups excluding carboxylic acids is 1. The Balaban J connectivity index is 1.73. The molecule has 2 aliphatic heterocycles. The van der Waals surface area contributed by atoms with E-state index >= 15 is 0 Å². The molecule has 2 heterocycles. The van der Waals surface area contributed by atoms with Crippen molar-refractivity contribution in [2.75, 3.05) is 19.5 Å². The number of ether oxygens (including phenoxy) is 2. The van der Waals surface area contributed by atoms with Gasteiger partial charge < -0.3 is 14.6 Å². The number of carbonyl (C=O) groups is 1. The highest BCUT2D eigenvalue weighted by molar-refractivity contribution is 8.03. The van der Waals surface area contributed by atoms with Gasteiger partial charge in [0.2, 0.25) is 5.91 Å². The number of fused-ring (bicyclic) bond motifs is 1.